The van der Waals surface area contributed by atoms with Gasteiger partial charge in [0.1, 0.15) is 7.85 Å². The van der Waals surface area contributed by atoms with Crippen LogP contribution in [0.25, 0.3) is 0 Å². The van der Waals surface area contributed by atoms with E-state index in [1.165, 1.54) is 11.1 Å². The Morgan fingerprint density at radius 1 is 1.50 bits per heavy atom. The Balaban J connectivity index is 2.71. The SMILES string of the molecule is [B]c1cc(C)ccc1CC(C)CC=C. The van der Waals surface area contributed by atoms with Gasteiger partial charge in [0.25, 0.3) is 0 Å². The highest BCUT2D eigenvalue weighted by Gasteiger charge is 2.03. The van der Waals surface area contributed by atoms with Crippen molar-refractivity contribution in [1.29, 1.82) is 0 Å². The van der Waals surface area contributed by atoms with Gasteiger partial charge in [-0.25, -0.2) is 0 Å². The third-order valence-electron chi connectivity index (χ3n) is 2.44. The van der Waals surface area contributed by atoms with Crippen LogP contribution in [0, 0.1) is 12.8 Å². The average molecular weight is 184 g/mol. The summed E-state index contributed by atoms with van der Waals surface area (Å²) >= 11 is 0. The van der Waals surface area contributed by atoms with Crippen molar-refractivity contribution in [3.63, 3.8) is 0 Å². The number of benzene rings is 1. The van der Waals surface area contributed by atoms with Crippen LogP contribution in [0.4, 0.5) is 0 Å². The van der Waals surface area contributed by atoms with Crippen LogP contribution in [0.15, 0.2) is 30.9 Å². The molecule has 0 fully saturated rings. The van der Waals surface area contributed by atoms with Gasteiger partial charge in [0.05, 0.1) is 0 Å². The Bertz CT molecular complexity index is 315. The second-order valence-electron chi connectivity index (χ2n) is 4.04. The lowest BCUT2D eigenvalue weighted by atomic mass is 9.84. The van der Waals surface area contributed by atoms with Gasteiger partial charge in [0.15, 0.2) is 0 Å². The zero-order valence-electron chi connectivity index (χ0n) is 9.09. The van der Waals surface area contributed by atoms with Crippen LogP contribution >= 0.6 is 0 Å². The first-order valence-corrected chi connectivity index (χ1v) is 5.09. The summed E-state index contributed by atoms with van der Waals surface area (Å²) in [4.78, 5) is 0. The van der Waals surface area contributed by atoms with Crippen LogP contribution in [0.2, 0.25) is 0 Å². The summed E-state index contributed by atoms with van der Waals surface area (Å²) in [5, 5.41) is 0. The van der Waals surface area contributed by atoms with Gasteiger partial charge < -0.3 is 0 Å². The number of allylic oxidation sites excluding steroid dienone is 1. The van der Waals surface area contributed by atoms with Crippen molar-refractivity contribution in [3.8, 4) is 0 Å². The Morgan fingerprint density at radius 2 is 2.21 bits per heavy atom. The molecule has 1 unspecified atom stereocenters. The predicted octanol–water partition coefficient (Wildman–Crippen LogP) is 2.54. The van der Waals surface area contributed by atoms with Gasteiger partial charge in [-0.3, -0.25) is 0 Å². The molecule has 0 aliphatic rings. The van der Waals surface area contributed by atoms with E-state index >= 15 is 0 Å². The van der Waals surface area contributed by atoms with Crippen LogP contribution in [0.1, 0.15) is 24.5 Å². The minimum atomic E-state index is 0.623. The number of aryl methyl sites for hydroxylation is 1. The molecule has 0 nitrogen and oxygen atoms in total. The average Bonchev–Trinajstić information content (AvgIpc) is 2.10. The van der Waals surface area contributed by atoms with E-state index in [-0.39, 0.29) is 0 Å². The number of rotatable bonds is 4. The van der Waals surface area contributed by atoms with E-state index in [0.29, 0.717) is 5.92 Å². The second kappa shape index (κ2) is 5.04. The van der Waals surface area contributed by atoms with Gasteiger partial charge in [0, 0.05) is 0 Å². The van der Waals surface area contributed by atoms with Gasteiger partial charge in [-0.2, -0.15) is 0 Å². The molecule has 0 aromatic heterocycles. The fourth-order valence-electron chi connectivity index (χ4n) is 1.64. The van der Waals surface area contributed by atoms with Gasteiger partial charge in [-0.1, -0.05) is 47.8 Å². The molecule has 1 heteroatoms. The van der Waals surface area contributed by atoms with Gasteiger partial charge in [-0.05, 0) is 25.7 Å². The second-order valence-corrected chi connectivity index (χ2v) is 4.04. The normalized spacial score (nSPS) is 12.4. The lowest BCUT2D eigenvalue weighted by Gasteiger charge is -2.12. The van der Waals surface area contributed by atoms with Gasteiger partial charge in [-0.15, -0.1) is 6.58 Å². The summed E-state index contributed by atoms with van der Waals surface area (Å²) < 4.78 is 0. The van der Waals surface area contributed by atoms with Crippen molar-refractivity contribution in [3.05, 3.63) is 42.0 Å². The Labute approximate surface area is 88.4 Å². The van der Waals surface area contributed by atoms with Gasteiger partial charge >= 0.3 is 0 Å². The fraction of sp³-hybridized carbons (Fsp3) is 0.385. The van der Waals surface area contributed by atoms with E-state index in [1.807, 2.05) is 12.1 Å². The molecule has 0 aliphatic carbocycles. The Kier molecular flexibility index (Phi) is 4.00. The highest BCUT2D eigenvalue weighted by Crippen LogP contribution is 2.11. The lowest BCUT2D eigenvalue weighted by molar-refractivity contribution is 0.592. The van der Waals surface area contributed by atoms with Crippen LogP contribution in [-0.2, 0) is 6.42 Å². The highest BCUT2D eigenvalue weighted by atomic mass is 14.1. The van der Waals surface area contributed by atoms with E-state index < -0.39 is 0 Å². The van der Waals surface area contributed by atoms with Crippen molar-refractivity contribution in [1.82, 2.24) is 0 Å². The molecule has 0 aliphatic heterocycles. The van der Waals surface area contributed by atoms with Crippen molar-refractivity contribution in [2.45, 2.75) is 26.7 Å². The fourth-order valence-corrected chi connectivity index (χ4v) is 1.64. The van der Waals surface area contributed by atoms with Crippen molar-refractivity contribution in [2.75, 3.05) is 0 Å². The molecule has 0 spiro atoms. The van der Waals surface area contributed by atoms with Crippen molar-refractivity contribution < 1.29 is 0 Å². The Hall–Kier alpha value is -0.975. The molecule has 0 bridgehead atoms. The maximum absolute atomic E-state index is 5.94. The summed E-state index contributed by atoms with van der Waals surface area (Å²) in [7, 11) is 5.94. The van der Waals surface area contributed by atoms with Crippen LogP contribution in [0.3, 0.4) is 0 Å². The molecule has 72 valence electrons. The molecule has 1 aromatic carbocycles. The summed E-state index contributed by atoms with van der Waals surface area (Å²) in [5.74, 6) is 0.623. The van der Waals surface area contributed by atoms with Crippen molar-refractivity contribution >= 4 is 13.3 Å². The van der Waals surface area contributed by atoms with Crippen LogP contribution < -0.4 is 5.46 Å². The monoisotopic (exact) mass is 184 g/mol. The third kappa shape index (κ3) is 3.06. The molecule has 2 radical (unpaired) electrons. The number of hydrogen-bond donors (Lipinski definition) is 0. The molecule has 14 heavy (non-hydrogen) atoms. The molecule has 0 amide bonds. The number of hydrogen-bond acceptors (Lipinski definition) is 0. The van der Waals surface area contributed by atoms with E-state index in [0.717, 1.165) is 18.3 Å². The summed E-state index contributed by atoms with van der Waals surface area (Å²) in [6.45, 7) is 8.03. The first-order valence-electron chi connectivity index (χ1n) is 5.09. The highest BCUT2D eigenvalue weighted by molar-refractivity contribution is 6.33. The maximum atomic E-state index is 5.94. The third-order valence-corrected chi connectivity index (χ3v) is 2.44. The smallest absolute Gasteiger partial charge is 0.103 e. The molecule has 1 rings (SSSR count). The van der Waals surface area contributed by atoms with E-state index in [1.54, 1.807) is 0 Å². The molecule has 1 aromatic rings. The minimum absolute atomic E-state index is 0.623. The van der Waals surface area contributed by atoms with E-state index in [4.69, 9.17) is 7.85 Å². The lowest BCUT2D eigenvalue weighted by Crippen LogP contribution is -2.13. The van der Waals surface area contributed by atoms with E-state index in [2.05, 4.69) is 32.6 Å². The quantitative estimate of drug-likeness (QED) is 0.498. The Morgan fingerprint density at radius 3 is 2.79 bits per heavy atom. The largest absolute Gasteiger partial charge is 0.114 e. The first-order chi connectivity index (χ1) is 6.63. The zero-order chi connectivity index (χ0) is 10.6. The van der Waals surface area contributed by atoms with Crippen LogP contribution in [-0.4, -0.2) is 7.85 Å². The zero-order valence-corrected chi connectivity index (χ0v) is 9.09. The first kappa shape index (κ1) is 11.1. The molecule has 1 atom stereocenters. The molecule has 0 saturated heterocycles. The topological polar surface area (TPSA) is 0 Å². The molecule has 0 heterocycles. The molecule has 0 saturated carbocycles. The molecule has 0 N–H and O–H groups in total. The predicted molar refractivity (Wildman–Crippen MR) is 64.2 cm³/mol. The minimum Gasteiger partial charge on any atom is -0.103 e. The standard InChI is InChI=1S/C13H17B/c1-4-5-10(2)8-12-7-6-11(3)9-13(12)14/h4,6-7,9-10H,1,5,8H2,2-3H3. The molecular formula is C13H17B. The molecular weight excluding hydrogens is 167 g/mol. The summed E-state index contributed by atoms with van der Waals surface area (Å²) in [6, 6.07) is 6.28. The van der Waals surface area contributed by atoms with Gasteiger partial charge in [0.2, 0.25) is 0 Å². The van der Waals surface area contributed by atoms with Crippen LogP contribution in [0.5, 0.6) is 0 Å². The summed E-state index contributed by atoms with van der Waals surface area (Å²) in [6.07, 6.45) is 4.06. The maximum Gasteiger partial charge on any atom is 0.114 e. The summed E-state index contributed by atoms with van der Waals surface area (Å²) in [5.41, 5.74) is 3.40. The van der Waals surface area contributed by atoms with Crippen molar-refractivity contribution in [2.24, 2.45) is 5.92 Å². The van der Waals surface area contributed by atoms with E-state index in [9.17, 15) is 0 Å².